The highest BCUT2D eigenvalue weighted by atomic mass is 35.5. The van der Waals surface area contributed by atoms with E-state index in [1.807, 2.05) is 6.92 Å². The normalized spacial score (nSPS) is 16.5. The number of Topliss-reactive ketones (excluding diaryl/α,β-unsaturated/α-hetero) is 1. The van der Waals surface area contributed by atoms with E-state index in [-0.39, 0.29) is 26.9 Å². The highest BCUT2D eigenvalue weighted by molar-refractivity contribution is 6.51. The van der Waals surface area contributed by atoms with Crippen LogP contribution < -0.4 is 23.8 Å². The third kappa shape index (κ3) is 4.85. The van der Waals surface area contributed by atoms with Gasteiger partial charge in [0.15, 0.2) is 17.2 Å². The molecule has 1 fully saturated rings. The first kappa shape index (κ1) is 27.2. The van der Waals surface area contributed by atoms with E-state index < -0.39 is 23.5 Å². The molecule has 1 N–H and O–H groups in total. The number of halogens is 2. The summed E-state index contributed by atoms with van der Waals surface area (Å²) < 4.78 is 21.6. The van der Waals surface area contributed by atoms with Gasteiger partial charge in [-0.3, -0.25) is 14.5 Å². The number of anilines is 1. The van der Waals surface area contributed by atoms with Crippen molar-refractivity contribution >= 4 is 46.3 Å². The van der Waals surface area contributed by atoms with Gasteiger partial charge in [0.1, 0.15) is 11.5 Å². The number of hydrogen-bond acceptors (Lipinski definition) is 7. The summed E-state index contributed by atoms with van der Waals surface area (Å²) in [6.07, 6.45) is 0. The molecule has 3 aromatic carbocycles. The highest BCUT2D eigenvalue weighted by Gasteiger charge is 2.47. The lowest BCUT2D eigenvalue weighted by atomic mass is 9.94. The van der Waals surface area contributed by atoms with Gasteiger partial charge in [-0.25, -0.2) is 0 Å². The van der Waals surface area contributed by atoms with E-state index in [1.165, 1.54) is 38.4 Å². The molecule has 0 radical (unpaired) electrons. The second kappa shape index (κ2) is 11.2. The van der Waals surface area contributed by atoms with Crippen molar-refractivity contribution in [1.29, 1.82) is 0 Å². The van der Waals surface area contributed by atoms with Crippen LogP contribution in [-0.2, 0) is 9.59 Å². The minimum atomic E-state index is -1.02. The average molecular weight is 558 g/mol. The van der Waals surface area contributed by atoms with Gasteiger partial charge >= 0.3 is 0 Å². The molecule has 3 aromatic rings. The number of nitrogens with zero attached hydrogens (tertiary/aromatic N) is 1. The maximum Gasteiger partial charge on any atom is 0.300 e. The maximum atomic E-state index is 13.5. The monoisotopic (exact) mass is 557 g/mol. The van der Waals surface area contributed by atoms with Crippen LogP contribution in [0.25, 0.3) is 5.76 Å². The van der Waals surface area contributed by atoms with Crippen molar-refractivity contribution < 1.29 is 33.6 Å². The van der Waals surface area contributed by atoms with E-state index >= 15 is 0 Å². The van der Waals surface area contributed by atoms with Gasteiger partial charge in [0.2, 0.25) is 0 Å². The molecular formula is C28H25Cl2NO7. The third-order valence-electron chi connectivity index (χ3n) is 6.05. The van der Waals surface area contributed by atoms with Gasteiger partial charge in [0.25, 0.3) is 11.7 Å². The van der Waals surface area contributed by atoms with E-state index in [2.05, 4.69) is 0 Å². The number of carbonyl (C=O) groups excluding carboxylic acids is 2. The van der Waals surface area contributed by atoms with Crippen LogP contribution >= 0.6 is 23.2 Å². The van der Waals surface area contributed by atoms with Crippen LogP contribution in [0.15, 0.2) is 60.2 Å². The Morgan fingerprint density at radius 1 is 0.921 bits per heavy atom. The predicted molar refractivity (Wildman–Crippen MR) is 145 cm³/mol. The number of aliphatic hydroxyl groups is 1. The molecule has 0 aromatic heterocycles. The number of carbonyl (C=O) groups is 2. The summed E-state index contributed by atoms with van der Waals surface area (Å²) in [4.78, 5) is 28.3. The van der Waals surface area contributed by atoms with Gasteiger partial charge in [-0.05, 0) is 48.9 Å². The van der Waals surface area contributed by atoms with Crippen LogP contribution in [0.4, 0.5) is 5.69 Å². The van der Waals surface area contributed by atoms with Gasteiger partial charge in [0, 0.05) is 17.3 Å². The molecule has 198 valence electrons. The van der Waals surface area contributed by atoms with Crippen molar-refractivity contribution in [2.75, 3.05) is 32.8 Å². The number of hydrogen-bond donors (Lipinski definition) is 1. The quantitative estimate of drug-likeness (QED) is 0.205. The van der Waals surface area contributed by atoms with E-state index in [0.29, 0.717) is 35.1 Å². The van der Waals surface area contributed by atoms with Crippen LogP contribution in [0.1, 0.15) is 24.1 Å². The maximum absolute atomic E-state index is 13.5. The summed E-state index contributed by atoms with van der Waals surface area (Å²) in [7, 11) is 4.39. The van der Waals surface area contributed by atoms with Crippen LogP contribution in [0, 0.1) is 0 Å². The minimum absolute atomic E-state index is 0.128. The zero-order valence-electron chi connectivity index (χ0n) is 21.1. The Bertz CT molecular complexity index is 1410. The fourth-order valence-electron chi connectivity index (χ4n) is 4.37. The lowest BCUT2D eigenvalue weighted by Gasteiger charge is -2.26. The molecule has 8 nitrogen and oxygen atoms in total. The molecule has 0 spiro atoms. The zero-order valence-corrected chi connectivity index (χ0v) is 22.6. The van der Waals surface area contributed by atoms with E-state index in [4.69, 9.17) is 42.1 Å². The number of rotatable bonds is 8. The van der Waals surface area contributed by atoms with Gasteiger partial charge in [-0.15, -0.1) is 0 Å². The van der Waals surface area contributed by atoms with Crippen LogP contribution in [0.2, 0.25) is 10.0 Å². The molecule has 1 saturated heterocycles. The van der Waals surface area contributed by atoms with Gasteiger partial charge in [-0.1, -0.05) is 35.3 Å². The summed E-state index contributed by atoms with van der Waals surface area (Å²) in [6, 6.07) is 13.6. The number of aliphatic hydroxyl groups excluding tert-OH is 1. The molecule has 1 unspecified atom stereocenters. The van der Waals surface area contributed by atoms with Crippen molar-refractivity contribution in [3.63, 3.8) is 0 Å². The summed E-state index contributed by atoms with van der Waals surface area (Å²) in [5.74, 6) is -0.577. The van der Waals surface area contributed by atoms with Crippen molar-refractivity contribution in [2.24, 2.45) is 0 Å². The second-order valence-corrected chi connectivity index (χ2v) is 9.00. The summed E-state index contributed by atoms with van der Waals surface area (Å²) >= 11 is 12.6. The molecule has 0 saturated carbocycles. The molecule has 10 heteroatoms. The number of benzene rings is 3. The van der Waals surface area contributed by atoms with E-state index in [1.54, 1.807) is 42.5 Å². The molecule has 1 heterocycles. The summed E-state index contributed by atoms with van der Waals surface area (Å²) in [5.41, 5.74) is 0.896. The topological polar surface area (TPSA) is 94.5 Å². The first-order valence-electron chi connectivity index (χ1n) is 11.5. The zero-order chi connectivity index (χ0) is 27.6. The largest absolute Gasteiger partial charge is 0.507 e. The molecule has 1 aliphatic rings. The first-order valence-corrected chi connectivity index (χ1v) is 12.3. The third-order valence-corrected chi connectivity index (χ3v) is 6.61. The number of ether oxygens (including phenoxy) is 4. The fraction of sp³-hybridized carbons (Fsp3) is 0.214. The lowest BCUT2D eigenvalue weighted by molar-refractivity contribution is -0.132. The van der Waals surface area contributed by atoms with Crippen molar-refractivity contribution in [2.45, 2.75) is 13.0 Å². The summed E-state index contributed by atoms with van der Waals surface area (Å²) in [6.45, 7) is 2.26. The van der Waals surface area contributed by atoms with Crippen LogP contribution in [0.5, 0.6) is 23.0 Å². The molecule has 1 amide bonds. The number of methoxy groups -OCH3 is 3. The number of amides is 1. The van der Waals surface area contributed by atoms with Crippen molar-refractivity contribution in [3.8, 4) is 23.0 Å². The smallest absolute Gasteiger partial charge is 0.300 e. The van der Waals surface area contributed by atoms with E-state index in [0.717, 1.165) is 0 Å². The Morgan fingerprint density at radius 3 is 2.21 bits per heavy atom. The Balaban J connectivity index is 1.98. The fourth-order valence-corrected chi connectivity index (χ4v) is 5.02. The van der Waals surface area contributed by atoms with Crippen molar-refractivity contribution in [1.82, 2.24) is 0 Å². The standard InChI is InChI=1S/C28H25Cl2NO7/c1-5-38-18-8-6-7-17(14-18)31-24(15-9-10-21(35-2)22(13-15)36-3)23(26(33)28(31)34)25(32)16-11-19(29)27(37-4)20(30)12-16/h6-14,24,32H,5H2,1-4H3/b25-23+. The second-order valence-electron chi connectivity index (χ2n) is 8.19. The van der Waals surface area contributed by atoms with Crippen LogP contribution in [-0.4, -0.2) is 44.7 Å². The Kier molecular flexibility index (Phi) is 8.04. The highest BCUT2D eigenvalue weighted by Crippen LogP contribution is 2.45. The number of ketones is 1. The molecule has 38 heavy (non-hydrogen) atoms. The first-order chi connectivity index (χ1) is 18.2. The molecule has 4 rings (SSSR count). The lowest BCUT2D eigenvalue weighted by Crippen LogP contribution is -2.29. The minimum Gasteiger partial charge on any atom is -0.507 e. The van der Waals surface area contributed by atoms with Gasteiger partial charge < -0.3 is 24.1 Å². The average Bonchev–Trinajstić information content (AvgIpc) is 3.18. The molecule has 0 bridgehead atoms. The molecular weight excluding hydrogens is 533 g/mol. The molecule has 1 aliphatic heterocycles. The summed E-state index contributed by atoms with van der Waals surface area (Å²) in [5, 5.41) is 11.7. The Morgan fingerprint density at radius 2 is 1.61 bits per heavy atom. The molecule has 1 atom stereocenters. The Labute approximate surface area is 229 Å². The van der Waals surface area contributed by atoms with Gasteiger partial charge in [-0.2, -0.15) is 0 Å². The van der Waals surface area contributed by atoms with Crippen molar-refractivity contribution in [3.05, 3.63) is 81.3 Å². The van der Waals surface area contributed by atoms with Gasteiger partial charge in [0.05, 0.1) is 49.6 Å². The SMILES string of the molecule is CCOc1cccc(N2C(=O)C(=O)/C(=C(/O)c3cc(Cl)c(OC)c(Cl)c3)C2c2ccc(OC)c(OC)c2)c1. The predicted octanol–water partition coefficient (Wildman–Crippen LogP) is 6.04. The Hall–Kier alpha value is -3.88. The van der Waals surface area contributed by atoms with Crippen LogP contribution in [0.3, 0.4) is 0 Å². The van der Waals surface area contributed by atoms with E-state index in [9.17, 15) is 14.7 Å². The molecule has 0 aliphatic carbocycles.